The van der Waals surface area contributed by atoms with Gasteiger partial charge in [0.25, 0.3) is 0 Å². The van der Waals surface area contributed by atoms with E-state index in [0.717, 1.165) is 6.26 Å². The summed E-state index contributed by atoms with van der Waals surface area (Å²) in [6, 6.07) is 14.8. The van der Waals surface area contributed by atoms with Gasteiger partial charge in [0.05, 0.1) is 27.7 Å². The van der Waals surface area contributed by atoms with Gasteiger partial charge in [-0.05, 0) is 54.8 Å². The molecule has 2 unspecified atom stereocenters. The van der Waals surface area contributed by atoms with Crippen molar-refractivity contribution in [3.05, 3.63) is 93.8 Å². The van der Waals surface area contributed by atoms with Crippen LogP contribution < -0.4 is 15.3 Å². The fraction of sp³-hybridized carbons (Fsp3) is 0.154. The number of benzene rings is 3. The maximum atomic E-state index is 14.1. The van der Waals surface area contributed by atoms with Crippen molar-refractivity contribution in [3.8, 4) is 0 Å². The van der Waals surface area contributed by atoms with E-state index in [0.29, 0.717) is 16.7 Å². The van der Waals surface area contributed by atoms with Crippen LogP contribution in [0.4, 0.5) is 15.8 Å². The quantitative estimate of drug-likeness (QED) is 0.320. The van der Waals surface area contributed by atoms with E-state index in [2.05, 4.69) is 14.8 Å². The van der Waals surface area contributed by atoms with E-state index in [1.807, 2.05) is 0 Å². The zero-order valence-electron chi connectivity index (χ0n) is 20.6. The SMILES string of the molecule is CC1(Cc2ccc(F)c(Cl)c2)C(=O)C(C2=NP(=O)(O)c3cc(NS(C)(=O)=O)ccc3N2)=C(O)c2ccccc21. The van der Waals surface area contributed by atoms with Crippen molar-refractivity contribution in [1.82, 2.24) is 0 Å². The second kappa shape index (κ2) is 9.31. The number of hydrogen-bond donors (Lipinski definition) is 4. The molecule has 9 nitrogen and oxygen atoms in total. The molecule has 0 radical (unpaired) electrons. The molecule has 0 saturated carbocycles. The molecule has 0 fully saturated rings. The first-order valence-corrected chi connectivity index (χ1v) is 15.4. The minimum absolute atomic E-state index is 0.0567. The summed E-state index contributed by atoms with van der Waals surface area (Å²) in [6.45, 7) is 1.66. The average Bonchev–Trinajstić information content (AvgIpc) is 2.85. The lowest BCUT2D eigenvalue weighted by Gasteiger charge is -2.36. The number of carbonyl (C=O) groups excluding carboxylic acids is 1. The third-order valence-electron chi connectivity index (χ3n) is 6.62. The Kier molecular flexibility index (Phi) is 6.46. The zero-order chi connectivity index (χ0) is 28.3. The molecule has 2 atom stereocenters. The van der Waals surface area contributed by atoms with Gasteiger partial charge in [-0.25, -0.2) is 12.8 Å². The van der Waals surface area contributed by atoms with E-state index in [-0.39, 0.29) is 39.5 Å². The zero-order valence-corrected chi connectivity index (χ0v) is 23.0. The fourth-order valence-electron chi connectivity index (χ4n) is 4.87. The smallest absolute Gasteiger partial charge is 0.346 e. The van der Waals surface area contributed by atoms with Crippen LogP contribution in [0.25, 0.3) is 5.76 Å². The van der Waals surface area contributed by atoms with Crippen LogP contribution in [0.15, 0.2) is 71.0 Å². The topological polar surface area (TPSA) is 145 Å². The molecule has 0 saturated heterocycles. The van der Waals surface area contributed by atoms with Gasteiger partial charge in [-0.15, -0.1) is 0 Å². The molecular weight excluding hydrogens is 568 g/mol. The molecule has 4 N–H and O–H groups in total. The third-order valence-corrected chi connectivity index (χ3v) is 8.99. The molecule has 5 rings (SSSR count). The molecule has 39 heavy (non-hydrogen) atoms. The Labute approximate surface area is 228 Å². The molecule has 0 spiro atoms. The van der Waals surface area contributed by atoms with Crippen LogP contribution in [0.1, 0.15) is 23.6 Å². The lowest BCUT2D eigenvalue weighted by Crippen LogP contribution is -2.43. The van der Waals surface area contributed by atoms with E-state index >= 15 is 0 Å². The van der Waals surface area contributed by atoms with Gasteiger partial charge in [0, 0.05) is 11.3 Å². The highest BCUT2D eigenvalue weighted by atomic mass is 35.5. The van der Waals surface area contributed by atoms with Gasteiger partial charge in [-0.1, -0.05) is 41.9 Å². The number of amidine groups is 1. The minimum Gasteiger partial charge on any atom is -0.506 e. The Morgan fingerprint density at radius 2 is 1.87 bits per heavy atom. The number of Topliss-reactive ketones (excluding diaryl/α,β-unsaturated/α-hetero) is 1. The number of anilines is 2. The molecule has 13 heteroatoms. The first kappa shape index (κ1) is 27.1. The van der Waals surface area contributed by atoms with Crippen LogP contribution in [0.2, 0.25) is 5.02 Å². The van der Waals surface area contributed by atoms with Gasteiger partial charge in [-0.2, -0.15) is 4.76 Å². The lowest BCUT2D eigenvalue weighted by molar-refractivity contribution is -0.120. The van der Waals surface area contributed by atoms with Crippen molar-refractivity contribution >= 4 is 63.2 Å². The number of aliphatic hydroxyl groups excluding tert-OH is 1. The highest BCUT2D eigenvalue weighted by molar-refractivity contribution is 7.92. The van der Waals surface area contributed by atoms with Gasteiger partial charge >= 0.3 is 7.52 Å². The van der Waals surface area contributed by atoms with Crippen molar-refractivity contribution in [3.63, 3.8) is 0 Å². The molecular formula is C26H22ClFN3O6PS. The molecule has 0 amide bonds. The number of nitrogens with one attached hydrogen (secondary N) is 2. The van der Waals surface area contributed by atoms with Crippen molar-refractivity contribution < 1.29 is 32.2 Å². The van der Waals surface area contributed by atoms with Crippen LogP contribution in [0, 0.1) is 5.82 Å². The molecule has 3 aromatic carbocycles. The van der Waals surface area contributed by atoms with E-state index in [4.69, 9.17) is 11.6 Å². The largest absolute Gasteiger partial charge is 0.506 e. The molecule has 1 aliphatic carbocycles. The first-order valence-electron chi connectivity index (χ1n) is 11.5. The summed E-state index contributed by atoms with van der Waals surface area (Å²) >= 11 is 5.98. The minimum atomic E-state index is -4.52. The van der Waals surface area contributed by atoms with Crippen molar-refractivity contribution in [2.24, 2.45) is 4.76 Å². The van der Waals surface area contributed by atoms with Gasteiger partial charge in [-0.3, -0.25) is 14.1 Å². The fourth-order valence-corrected chi connectivity index (χ4v) is 6.91. The second-order valence-corrected chi connectivity index (χ2v) is 13.5. The van der Waals surface area contributed by atoms with E-state index in [1.165, 1.54) is 36.4 Å². The average molecular weight is 590 g/mol. The van der Waals surface area contributed by atoms with Crippen molar-refractivity contribution in [2.45, 2.75) is 18.8 Å². The number of sulfonamides is 1. The monoisotopic (exact) mass is 589 g/mol. The summed E-state index contributed by atoms with van der Waals surface area (Å²) in [7, 11) is -8.16. The number of nitrogens with zero attached hydrogens (tertiary/aromatic N) is 1. The van der Waals surface area contributed by atoms with Gasteiger partial charge in [0.1, 0.15) is 23.0 Å². The summed E-state index contributed by atoms with van der Waals surface area (Å²) in [6.07, 6.45) is 1.03. The Morgan fingerprint density at radius 3 is 2.56 bits per heavy atom. The Morgan fingerprint density at radius 1 is 1.15 bits per heavy atom. The van der Waals surface area contributed by atoms with E-state index < -0.39 is 40.3 Å². The van der Waals surface area contributed by atoms with Crippen molar-refractivity contribution in [2.75, 3.05) is 16.3 Å². The number of rotatable bonds is 5. The van der Waals surface area contributed by atoms with Gasteiger partial charge in [0.2, 0.25) is 10.0 Å². The first-order chi connectivity index (χ1) is 18.2. The third kappa shape index (κ3) is 4.87. The summed E-state index contributed by atoms with van der Waals surface area (Å²) in [4.78, 5) is 24.9. The normalized spacial score (nSPS) is 22.5. The van der Waals surface area contributed by atoms with Crippen LogP contribution in [-0.4, -0.2) is 36.3 Å². The summed E-state index contributed by atoms with van der Waals surface area (Å²) in [5, 5.41) is 13.8. The van der Waals surface area contributed by atoms with Gasteiger partial charge in [0.15, 0.2) is 5.78 Å². The number of carbonyl (C=O) groups is 1. The number of aliphatic hydroxyl groups is 1. The lowest BCUT2D eigenvalue weighted by atomic mass is 9.66. The van der Waals surface area contributed by atoms with Crippen LogP contribution in [0.5, 0.6) is 0 Å². The molecule has 3 aromatic rings. The molecule has 2 aliphatic rings. The standard InChI is InChI=1S/C26H22ClFN3O6PS/c1-26(13-14-7-9-19(28)18(27)11-14)17-6-4-3-5-16(17)23(32)22(24(26)33)25-29-20-10-8-15(31-39(2,36)37)12-21(20)38(34,35)30-25/h3-12,31-32H,13H2,1-2H3,(H2,29,30,34,35). The van der Waals surface area contributed by atoms with Crippen molar-refractivity contribution in [1.29, 1.82) is 0 Å². The predicted molar refractivity (Wildman–Crippen MR) is 149 cm³/mol. The Balaban J connectivity index is 1.62. The van der Waals surface area contributed by atoms with Crippen LogP contribution in [0.3, 0.4) is 0 Å². The van der Waals surface area contributed by atoms with E-state index in [9.17, 15) is 32.2 Å². The molecule has 1 aliphatic heterocycles. The number of ketones is 1. The molecule has 1 heterocycles. The number of fused-ring (bicyclic) bond motifs is 2. The highest BCUT2D eigenvalue weighted by Crippen LogP contribution is 2.49. The summed E-state index contributed by atoms with van der Waals surface area (Å²) in [5.41, 5.74) is 0.00547. The maximum Gasteiger partial charge on any atom is 0.346 e. The highest BCUT2D eigenvalue weighted by Gasteiger charge is 2.47. The number of halogens is 2. The van der Waals surface area contributed by atoms with Crippen LogP contribution >= 0.6 is 19.1 Å². The maximum absolute atomic E-state index is 14.1. The molecule has 202 valence electrons. The van der Waals surface area contributed by atoms with Gasteiger partial charge < -0.3 is 15.3 Å². The molecule has 0 aromatic heterocycles. The number of hydrogen-bond acceptors (Lipinski definition) is 6. The molecule has 0 bridgehead atoms. The summed E-state index contributed by atoms with van der Waals surface area (Å²) in [5.74, 6) is -1.91. The second-order valence-electron chi connectivity index (χ2n) is 9.58. The Hall–Kier alpha value is -3.50. The summed E-state index contributed by atoms with van der Waals surface area (Å²) < 4.78 is 56.5. The van der Waals surface area contributed by atoms with Crippen LogP contribution in [-0.2, 0) is 31.2 Å². The predicted octanol–water partition coefficient (Wildman–Crippen LogP) is 4.54. The van der Waals surface area contributed by atoms with E-state index in [1.54, 1.807) is 31.2 Å². The Bertz CT molecular complexity index is 1790.